The van der Waals surface area contributed by atoms with Crippen molar-refractivity contribution in [2.45, 2.75) is 0 Å². The maximum absolute atomic E-state index is 6.35. The Kier molecular flexibility index (Phi) is 6.82. The zero-order valence-corrected chi connectivity index (χ0v) is 32.2. The summed E-state index contributed by atoms with van der Waals surface area (Å²) in [5.41, 5.74) is 7.79. The summed E-state index contributed by atoms with van der Waals surface area (Å²) >= 11 is 1.88. The summed E-state index contributed by atoms with van der Waals surface area (Å²) in [6.07, 6.45) is 0. The number of thiophene rings is 1. The fourth-order valence-corrected chi connectivity index (χ4v) is 10.5. The maximum atomic E-state index is 6.35. The third kappa shape index (κ3) is 4.81. The van der Waals surface area contributed by atoms with E-state index in [0.29, 0.717) is 17.6 Å². The van der Waals surface area contributed by atoms with Crippen LogP contribution in [-0.2, 0) is 0 Å². The Balaban J connectivity index is 1.10. The van der Waals surface area contributed by atoms with Gasteiger partial charge < -0.3 is 4.42 Å². The lowest BCUT2D eigenvalue weighted by atomic mass is 9.96. The molecule has 0 aliphatic heterocycles. The van der Waals surface area contributed by atoms with Gasteiger partial charge in [0.15, 0.2) is 11.6 Å². The first-order chi connectivity index (χ1) is 29.2. The molecule has 0 bridgehead atoms. The molecule has 0 aliphatic rings. The van der Waals surface area contributed by atoms with Crippen LogP contribution in [0.15, 0.2) is 186 Å². The number of aromatic nitrogens is 4. The number of hydrogen-bond donors (Lipinski definition) is 0. The topological polar surface area (TPSA) is 56.7 Å². The second-order valence-corrected chi connectivity index (χ2v) is 16.2. The van der Waals surface area contributed by atoms with Crippen molar-refractivity contribution in [3.05, 3.63) is 182 Å². The molecule has 59 heavy (non-hydrogen) atoms. The Labute approximate surface area is 341 Å². The molecule has 0 atom stereocenters. The van der Waals surface area contributed by atoms with E-state index in [0.717, 1.165) is 60.6 Å². The summed E-state index contributed by atoms with van der Waals surface area (Å²) < 4.78 is 11.1. The average molecular weight is 771 g/mol. The molecule has 0 N–H and O–H groups in total. The van der Waals surface area contributed by atoms with Crippen LogP contribution in [0.5, 0.6) is 0 Å². The molecule has 0 unspecified atom stereocenters. The minimum Gasteiger partial charge on any atom is -0.456 e. The Morgan fingerprint density at radius 1 is 0.373 bits per heavy atom. The van der Waals surface area contributed by atoms with Gasteiger partial charge in [0.1, 0.15) is 11.2 Å². The second kappa shape index (κ2) is 12.4. The Morgan fingerprint density at radius 3 is 1.78 bits per heavy atom. The monoisotopic (exact) mass is 770 g/mol. The lowest BCUT2D eigenvalue weighted by Crippen LogP contribution is -2.06. The molecule has 4 heterocycles. The van der Waals surface area contributed by atoms with E-state index in [1.807, 2.05) is 35.6 Å². The molecule has 0 radical (unpaired) electrons. The standard InChI is InChI=1S/C53H30N4OS/c1-2-12-31(13-3-1)32-22-24-33(25-23-32)51-54-52(34-26-27-38-37-16-9-11-21-44(37)58-45(38)30-34)56-53(55-51)57-42-20-10-8-19-41(42)47-43(57)28-29-46-49(47)48-39-17-6-4-14-35(39)36-15-5-7-18-40(36)50(48)59-46/h1-30H. The molecule has 4 aromatic heterocycles. The van der Waals surface area contributed by atoms with Crippen LogP contribution in [0.1, 0.15) is 0 Å². The molecule has 6 heteroatoms. The Hall–Kier alpha value is -7.67. The summed E-state index contributed by atoms with van der Waals surface area (Å²) in [5, 5.41) is 12.2. The zero-order chi connectivity index (χ0) is 38.6. The van der Waals surface area contributed by atoms with Crippen LogP contribution in [-0.4, -0.2) is 19.5 Å². The third-order valence-corrected chi connectivity index (χ3v) is 13.0. The lowest BCUT2D eigenvalue weighted by Gasteiger charge is -2.11. The summed E-state index contributed by atoms with van der Waals surface area (Å²) in [6, 6.07) is 64.2. The van der Waals surface area contributed by atoms with Crippen molar-refractivity contribution in [3.63, 3.8) is 0 Å². The smallest absolute Gasteiger partial charge is 0.238 e. The van der Waals surface area contributed by atoms with Crippen molar-refractivity contribution in [2.24, 2.45) is 0 Å². The first-order valence-electron chi connectivity index (χ1n) is 19.8. The van der Waals surface area contributed by atoms with Gasteiger partial charge in [-0.2, -0.15) is 9.97 Å². The fraction of sp³-hybridized carbons (Fsp3) is 0. The van der Waals surface area contributed by atoms with Crippen LogP contribution in [0.25, 0.3) is 125 Å². The summed E-state index contributed by atoms with van der Waals surface area (Å²) in [4.78, 5) is 15.8. The molecule has 0 aliphatic carbocycles. The van der Waals surface area contributed by atoms with Gasteiger partial charge in [0.25, 0.3) is 0 Å². The summed E-state index contributed by atoms with van der Waals surface area (Å²) in [5.74, 6) is 1.73. The number of furan rings is 1. The van der Waals surface area contributed by atoms with Crippen LogP contribution >= 0.6 is 11.3 Å². The molecule has 0 spiro atoms. The van der Waals surface area contributed by atoms with Crippen molar-refractivity contribution in [3.8, 4) is 39.9 Å². The minimum absolute atomic E-state index is 0.558. The average Bonchev–Trinajstić information content (AvgIpc) is 3.99. The molecular weight excluding hydrogens is 741 g/mol. The zero-order valence-electron chi connectivity index (χ0n) is 31.4. The number of hydrogen-bond acceptors (Lipinski definition) is 5. The van der Waals surface area contributed by atoms with Gasteiger partial charge in [-0.25, -0.2) is 4.98 Å². The van der Waals surface area contributed by atoms with E-state index in [9.17, 15) is 0 Å². The highest BCUT2D eigenvalue weighted by atomic mass is 32.1. The number of rotatable bonds is 4. The molecule has 9 aromatic carbocycles. The van der Waals surface area contributed by atoms with Crippen LogP contribution in [0.4, 0.5) is 0 Å². The largest absolute Gasteiger partial charge is 0.456 e. The van der Waals surface area contributed by atoms with E-state index in [2.05, 4.69) is 162 Å². The maximum Gasteiger partial charge on any atom is 0.238 e. The molecule has 0 amide bonds. The molecule has 5 nitrogen and oxygen atoms in total. The predicted octanol–water partition coefficient (Wildman–Crippen LogP) is 14.5. The SMILES string of the molecule is c1ccc(-c2ccc(-c3nc(-c4ccc5c(c4)oc4ccccc45)nc(-n4c5ccccc5c5c6c(ccc54)sc4c5ccccc5c5ccccc5c46)n3)cc2)cc1. The normalized spacial score (nSPS) is 12.1. The molecule has 0 fully saturated rings. The van der Waals surface area contributed by atoms with E-state index < -0.39 is 0 Å². The highest BCUT2D eigenvalue weighted by molar-refractivity contribution is 7.27. The van der Waals surface area contributed by atoms with Crippen molar-refractivity contribution in [2.75, 3.05) is 0 Å². The summed E-state index contributed by atoms with van der Waals surface area (Å²) in [7, 11) is 0. The first-order valence-corrected chi connectivity index (χ1v) is 20.6. The molecule has 0 saturated heterocycles. The quantitative estimate of drug-likeness (QED) is 0.167. The first kappa shape index (κ1) is 32.4. The Bertz CT molecular complexity index is 3840. The van der Waals surface area contributed by atoms with Crippen LogP contribution < -0.4 is 0 Å². The van der Waals surface area contributed by atoms with Crippen molar-refractivity contribution in [1.29, 1.82) is 0 Å². The third-order valence-electron chi connectivity index (χ3n) is 11.9. The minimum atomic E-state index is 0.558. The number of para-hydroxylation sites is 2. The van der Waals surface area contributed by atoms with Gasteiger partial charge in [-0.1, -0.05) is 146 Å². The molecule has 274 valence electrons. The van der Waals surface area contributed by atoms with Crippen molar-refractivity contribution < 1.29 is 4.42 Å². The van der Waals surface area contributed by atoms with E-state index in [-0.39, 0.29) is 0 Å². The molecule has 13 rings (SSSR count). The highest BCUT2D eigenvalue weighted by Gasteiger charge is 2.23. The molecule has 13 aromatic rings. The fourth-order valence-electron chi connectivity index (χ4n) is 9.19. The van der Waals surface area contributed by atoms with E-state index in [4.69, 9.17) is 19.4 Å². The molecular formula is C53H30N4OS. The van der Waals surface area contributed by atoms with Gasteiger partial charge in [0.05, 0.1) is 11.0 Å². The number of nitrogens with zero attached hydrogens (tertiary/aromatic N) is 4. The predicted molar refractivity (Wildman–Crippen MR) is 246 cm³/mol. The highest BCUT2D eigenvalue weighted by Crippen LogP contribution is 2.48. The van der Waals surface area contributed by atoms with Crippen molar-refractivity contribution in [1.82, 2.24) is 19.5 Å². The number of benzene rings is 9. The second-order valence-electron chi connectivity index (χ2n) is 15.1. The number of fused-ring (bicyclic) bond motifs is 15. The molecule has 0 saturated carbocycles. The van der Waals surface area contributed by atoms with Gasteiger partial charge >= 0.3 is 0 Å². The van der Waals surface area contributed by atoms with E-state index >= 15 is 0 Å². The van der Waals surface area contributed by atoms with Gasteiger partial charge in [-0.3, -0.25) is 4.57 Å². The van der Waals surface area contributed by atoms with E-state index in [1.54, 1.807) is 0 Å². The Morgan fingerprint density at radius 2 is 0.966 bits per heavy atom. The summed E-state index contributed by atoms with van der Waals surface area (Å²) in [6.45, 7) is 0. The van der Waals surface area contributed by atoms with Gasteiger partial charge in [-0.05, 0) is 63.7 Å². The lowest BCUT2D eigenvalue weighted by molar-refractivity contribution is 0.669. The van der Waals surface area contributed by atoms with Gasteiger partial charge in [-0.15, -0.1) is 11.3 Å². The van der Waals surface area contributed by atoms with Crippen molar-refractivity contribution >= 4 is 96.8 Å². The van der Waals surface area contributed by atoms with Gasteiger partial charge in [0.2, 0.25) is 5.95 Å². The van der Waals surface area contributed by atoms with Crippen LogP contribution in [0.3, 0.4) is 0 Å². The van der Waals surface area contributed by atoms with Crippen LogP contribution in [0.2, 0.25) is 0 Å². The van der Waals surface area contributed by atoms with Crippen LogP contribution in [0, 0.1) is 0 Å². The van der Waals surface area contributed by atoms with Gasteiger partial charge in [0, 0.05) is 58.2 Å². The van der Waals surface area contributed by atoms with E-state index in [1.165, 1.54) is 47.1 Å².